The van der Waals surface area contributed by atoms with Crippen molar-refractivity contribution in [3.8, 4) is 0 Å². The molecule has 1 saturated carbocycles. The second kappa shape index (κ2) is 8.73. The van der Waals surface area contributed by atoms with Crippen LogP contribution in [0, 0.1) is 12.8 Å². The maximum Gasteiger partial charge on any atom is 0.222 e. The van der Waals surface area contributed by atoms with Crippen LogP contribution in [0.5, 0.6) is 0 Å². The van der Waals surface area contributed by atoms with Gasteiger partial charge in [0.05, 0.1) is 6.26 Å². The van der Waals surface area contributed by atoms with Crippen LogP contribution in [0.2, 0.25) is 0 Å². The van der Waals surface area contributed by atoms with Crippen LogP contribution in [0.4, 0.5) is 0 Å². The van der Waals surface area contributed by atoms with Crippen molar-refractivity contribution in [2.75, 3.05) is 25.9 Å². The smallest absolute Gasteiger partial charge is 0.222 e. The van der Waals surface area contributed by atoms with Crippen LogP contribution in [-0.4, -0.2) is 65.0 Å². The van der Waals surface area contributed by atoms with Gasteiger partial charge in [0.2, 0.25) is 15.9 Å². The van der Waals surface area contributed by atoms with Gasteiger partial charge in [0.15, 0.2) is 0 Å². The van der Waals surface area contributed by atoms with Gasteiger partial charge >= 0.3 is 0 Å². The van der Waals surface area contributed by atoms with Crippen molar-refractivity contribution >= 4 is 15.9 Å². The number of hydrogen-bond acceptors (Lipinski definition) is 4. The van der Waals surface area contributed by atoms with Crippen LogP contribution in [0.25, 0.3) is 0 Å². The number of sulfonamides is 1. The Morgan fingerprint density at radius 1 is 1.26 bits per heavy atom. The highest BCUT2D eigenvalue weighted by Crippen LogP contribution is 2.28. The van der Waals surface area contributed by atoms with E-state index in [0.717, 1.165) is 18.7 Å². The van der Waals surface area contributed by atoms with E-state index in [1.54, 1.807) is 10.5 Å². The molecule has 1 unspecified atom stereocenters. The predicted molar refractivity (Wildman–Crippen MR) is 105 cm³/mol. The molecule has 1 aromatic rings. The highest BCUT2D eigenvalue weighted by molar-refractivity contribution is 7.88. The number of carbonyl (C=O) groups excluding carboxylic acids is 1. The third kappa shape index (κ3) is 5.31. The predicted octanol–water partition coefficient (Wildman–Crippen LogP) is 2.02. The largest absolute Gasteiger partial charge is 0.341 e. The molecular formula is C19H32N4O3S. The summed E-state index contributed by atoms with van der Waals surface area (Å²) in [5.41, 5.74) is 0. The normalized spacial score (nSPS) is 21.9. The lowest BCUT2D eigenvalue weighted by molar-refractivity contribution is -0.131. The van der Waals surface area contributed by atoms with Crippen molar-refractivity contribution in [2.24, 2.45) is 5.92 Å². The van der Waals surface area contributed by atoms with Gasteiger partial charge < -0.3 is 9.47 Å². The van der Waals surface area contributed by atoms with Gasteiger partial charge in [-0.1, -0.05) is 19.3 Å². The third-order valence-corrected chi connectivity index (χ3v) is 7.35. The van der Waals surface area contributed by atoms with Crippen LogP contribution >= 0.6 is 0 Å². The highest BCUT2D eigenvalue weighted by atomic mass is 32.2. The van der Waals surface area contributed by atoms with Crippen molar-refractivity contribution in [3.63, 3.8) is 0 Å². The lowest BCUT2D eigenvalue weighted by Crippen LogP contribution is -2.43. The van der Waals surface area contributed by atoms with Crippen molar-refractivity contribution in [1.82, 2.24) is 18.8 Å². The molecule has 0 spiro atoms. The first-order valence-corrected chi connectivity index (χ1v) is 11.9. The number of aromatic nitrogens is 2. The summed E-state index contributed by atoms with van der Waals surface area (Å²) in [4.78, 5) is 18.7. The maximum absolute atomic E-state index is 12.7. The fraction of sp³-hybridized carbons (Fsp3) is 0.789. The van der Waals surface area contributed by atoms with E-state index in [1.807, 2.05) is 22.6 Å². The van der Waals surface area contributed by atoms with E-state index in [1.165, 1.54) is 25.5 Å². The molecule has 0 bridgehead atoms. The molecule has 0 N–H and O–H groups in total. The van der Waals surface area contributed by atoms with Gasteiger partial charge in [-0.25, -0.2) is 13.4 Å². The summed E-state index contributed by atoms with van der Waals surface area (Å²) < 4.78 is 28.2. The van der Waals surface area contributed by atoms with E-state index >= 15 is 0 Å². The van der Waals surface area contributed by atoms with E-state index in [4.69, 9.17) is 0 Å². The molecule has 1 aliphatic heterocycles. The number of imidazole rings is 1. The SMILES string of the molecule is Cc1nccn1CCN(C1CCN(C(=O)CC2CCCCC2)C1)S(C)(=O)=O. The molecule has 27 heavy (non-hydrogen) atoms. The van der Waals surface area contributed by atoms with Crippen LogP contribution in [0.3, 0.4) is 0 Å². The second-order valence-electron chi connectivity index (χ2n) is 8.03. The number of hydrogen-bond donors (Lipinski definition) is 0. The first-order valence-electron chi connectivity index (χ1n) is 10.1. The minimum Gasteiger partial charge on any atom is -0.341 e. The molecular weight excluding hydrogens is 364 g/mol. The van der Waals surface area contributed by atoms with Crippen molar-refractivity contribution in [2.45, 2.75) is 64.5 Å². The van der Waals surface area contributed by atoms with Crippen molar-refractivity contribution in [1.29, 1.82) is 0 Å². The molecule has 0 aromatic carbocycles. The Morgan fingerprint density at radius 2 is 2.00 bits per heavy atom. The van der Waals surface area contributed by atoms with Crippen molar-refractivity contribution < 1.29 is 13.2 Å². The Bertz CT molecular complexity index is 740. The number of aryl methyl sites for hydroxylation is 1. The molecule has 0 radical (unpaired) electrons. The molecule has 1 atom stereocenters. The Morgan fingerprint density at radius 3 is 2.63 bits per heavy atom. The van der Waals surface area contributed by atoms with Gasteiger partial charge in [0.25, 0.3) is 0 Å². The summed E-state index contributed by atoms with van der Waals surface area (Å²) in [6.07, 6.45) is 12.3. The second-order valence-corrected chi connectivity index (χ2v) is 9.97. The quantitative estimate of drug-likeness (QED) is 0.707. The number of amides is 1. The highest BCUT2D eigenvalue weighted by Gasteiger charge is 2.35. The number of rotatable bonds is 7. The third-order valence-electron chi connectivity index (χ3n) is 6.02. The number of nitrogens with zero attached hydrogens (tertiary/aromatic N) is 4. The minimum atomic E-state index is -3.33. The lowest BCUT2D eigenvalue weighted by atomic mass is 9.87. The van der Waals surface area contributed by atoms with Crippen molar-refractivity contribution in [3.05, 3.63) is 18.2 Å². The Balaban J connectivity index is 1.57. The molecule has 1 aliphatic carbocycles. The van der Waals surface area contributed by atoms with Gasteiger partial charge in [0.1, 0.15) is 5.82 Å². The summed E-state index contributed by atoms with van der Waals surface area (Å²) in [5.74, 6) is 1.59. The summed E-state index contributed by atoms with van der Waals surface area (Å²) in [5, 5.41) is 0. The summed E-state index contributed by atoms with van der Waals surface area (Å²) in [6.45, 7) is 4.07. The monoisotopic (exact) mass is 396 g/mol. The Kier molecular flexibility index (Phi) is 6.57. The van der Waals surface area contributed by atoms with E-state index < -0.39 is 10.0 Å². The zero-order valence-electron chi connectivity index (χ0n) is 16.5. The summed E-state index contributed by atoms with van der Waals surface area (Å²) in [6, 6.07) is -0.126. The summed E-state index contributed by atoms with van der Waals surface area (Å²) >= 11 is 0. The first-order chi connectivity index (χ1) is 12.8. The Labute approximate surface area is 162 Å². The zero-order valence-corrected chi connectivity index (χ0v) is 17.3. The molecule has 2 fully saturated rings. The van der Waals surface area contributed by atoms with Gasteiger partial charge in [-0.05, 0) is 32.1 Å². The molecule has 7 nitrogen and oxygen atoms in total. The van der Waals surface area contributed by atoms with Crippen LogP contribution in [-0.2, 0) is 21.4 Å². The molecule has 2 aliphatic rings. The van der Waals surface area contributed by atoms with E-state index in [9.17, 15) is 13.2 Å². The van der Waals surface area contributed by atoms with Gasteiger partial charge in [0, 0.05) is 51.0 Å². The molecule has 3 rings (SSSR count). The van der Waals surface area contributed by atoms with Gasteiger partial charge in [-0.2, -0.15) is 4.31 Å². The van der Waals surface area contributed by atoms with E-state index in [2.05, 4.69) is 4.98 Å². The van der Waals surface area contributed by atoms with Crippen LogP contribution in [0.1, 0.15) is 50.8 Å². The molecule has 1 aromatic heterocycles. The zero-order chi connectivity index (χ0) is 19.4. The van der Waals surface area contributed by atoms with Crippen LogP contribution in [0.15, 0.2) is 12.4 Å². The molecule has 1 saturated heterocycles. The van der Waals surface area contributed by atoms with Crippen LogP contribution < -0.4 is 0 Å². The van der Waals surface area contributed by atoms with Gasteiger partial charge in [-0.3, -0.25) is 4.79 Å². The van der Waals surface area contributed by atoms with Gasteiger partial charge in [-0.15, -0.1) is 0 Å². The average molecular weight is 397 g/mol. The molecule has 1 amide bonds. The standard InChI is InChI=1S/C19H32N4O3S/c1-16-20-9-11-21(16)12-13-23(27(2,25)26)18-8-10-22(15-18)19(24)14-17-6-4-3-5-7-17/h9,11,17-18H,3-8,10,12-15H2,1-2H3. The molecule has 152 valence electrons. The molecule has 8 heteroatoms. The first kappa shape index (κ1) is 20.3. The average Bonchev–Trinajstić information content (AvgIpc) is 3.25. The lowest BCUT2D eigenvalue weighted by Gasteiger charge is -2.28. The number of likely N-dealkylation sites (tertiary alicyclic amines) is 1. The Hall–Kier alpha value is -1.41. The van der Waals surface area contributed by atoms with E-state index in [0.29, 0.717) is 44.9 Å². The fourth-order valence-electron chi connectivity index (χ4n) is 4.44. The minimum absolute atomic E-state index is 0.126. The van der Waals surface area contributed by atoms with E-state index in [-0.39, 0.29) is 11.9 Å². The molecule has 2 heterocycles. The maximum atomic E-state index is 12.7. The topological polar surface area (TPSA) is 75.5 Å². The fourth-order valence-corrected chi connectivity index (χ4v) is 5.56. The number of carbonyl (C=O) groups is 1. The summed E-state index contributed by atoms with van der Waals surface area (Å²) in [7, 11) is -3.33.